The summed E-state index contributed by atoms with van der Waals surface area (Å²) in [5.41, 5.74) is 1.73. The largest absolute Gasteiger partial charge is 0.497 e. The monoisotopic (exact) mass is 383 g/mol. The smallest absolute Gasteiger partial charge is 0.242 e. The van der Waals surface area contributed by atoms with Gasteiger partial charge in [0.2, 0.25) is 5.91 Å². The average Bonchev–Trinajstić information content (AvgIpc) is 3.00. The standard InChI is InChI=1S/C21H25N3O2S/c1-15(20(25)23-21-17(14-22)11-13-27-21)24-12-5-3-4-6-19(24)16-7-9-18(26-2)10-8-16/h7-11,13,15,19H,3-6,12H2,1-2H3,(H,23,25)/t15-,19-/m0/s1. The van der Waals surface area contributed by atoms with E-state index in [9.17, 15) is 4.79 Å². The molecule has 2 heterocycles. The van der Waals surface area contributed by atoms with Gasteiger partial charge in [0.25, 0.3) is 0 Å². The van der Waals surface area contributed by atoms with Gasteiger partial charge in [-0.15, -0.1) is 11.3 Å². The molecular weight excluding hydrogens is 358 g/mol. The molecule has 1 aromatic carbocycles. The lowest BCUT2D eigenvalue weighted by atomic mass is 9.99. The van der Waals surface area contributed by atoms with Crippen molar-refractivity contribution in [2.24, 2.45) is 0 Å². The molecule has 1 fully saturated rings. The summed E-state index contributed by atoms with van der Waals surface area (Å²) in [6, 6.07) is 11.9. The Hall–Kier alpha value is -2.36. The molecule has 1 aliphatic rings. The van der Waals surface area contributed by atoms with Gasteiger partial charge in [-0.25, -0.2) is 0 Å². The van der Waals surface area contributed by atoms with Gasteiger partial charge in [0.1, 0.15) is 16.8 Å². The van der Waals surface area contributed by atoms with Gasteiger partial charge in [-0.3, -0.25) is 9.69 Å². The lowest BCUT2D eigenvalue weighted by Crippen LogP contribution is -2.44. The van der Waals surface area contributed by atoms with E-state index in [2.05, 4.69) is 28.4 Å². The van der Waals surface area contributed by atoms with Crippen LogP contribution >= 0.6 is 11.3 Å². The van der Waals surface area contributed by atoms with E-state index in [1.54, 1.807) is 13.2 Å². The topological polar surface area (TPSA) is 65.4 Å². The first-order chi connectivity index (χ1) is 13.1. The summed E-state index contributed by atoms with van der Waals surface area (Å²) in [5, 5.41) is 14.6. The number of hydrogen-bond acceptors (Lipinski definition) is 5. The Morgan fingerprint density at radius 3 is 2.78 bits per heavy atom. The predicted molar refractivity (Wildman–Crippen MR) is 108 cm³/mol. The molecular formula is C21H25N3O2S. The molecule has 1 aromatic heterocycles. The average molecular weight is 384 g/mol. The number of nitrogens with one attached hydrogen (secondary N) is 1. The van der Waals surface area contributed by atoms with Gasteiger partial charge in [0, 0.05) is 6.04 Å². The minimum atomic E-state index is -0.274. The van der Waals surface area contributed by atoms with E-state index in [-0.39, 0.29) is 18.0 Å². The van der Waals surface area contributed by atoms with E-state index in [4.69, 9.17) is 10.00 Å². The van der Waals surface area contributed by atoms with Gasteiger partial charge >= 0.3 is 0 Å². The van der Waals surface area contributed by atoms with E-state index in [1.165, 1.54) is 23.3 Å². The number of thiophene rings is 1. The fourth-order valence-electron chi connectivity index (χ4n) is 3.64. The summed E-state index contributed by atoms with van der Waals surface area (Å²) in [6.07, 6.45) is 4.46. The highest BCUT2D eigenvalue weighted by atomic mass is 32.1. The number of amides is 1. The first-order valence-corrected chi connectivity index (χ1v) is 10.2. The van der Waals surface area contributed by atoms with Crippen LogP contribution in [-0.4, -0.2) is 30.5 Å². The highest BCUT2D eigenvalue weighted by Gasteiger charge is 2.30. The summed E-state index contributed by atoms with van der Waals surface area (Å²) in [7, 11) is 1.67. The number of hydrogen-bond donors (Lipinski definition) is 1. The van der Waals surface area contributed by atoms with Gasteiger partial charge in [0.15, 0.2) is 0 Å². The molecule has 3 rings (SSSR count). The van der Waals surface area contributed by atoms with Crippen LogP contribution in [0.15, 0.2) is 35.7 Å². The Kier molecular flexibility index (Phi) is 6.49. The number of methoxy groups -OCH3 is 1. The molecule has 5 nitrogen and oxygen atoms in total. The number of carbonyl (C=O) groups is 1. The first-order valence-electron chi connectivity index (χ1n) is 9.32. The molecule has 0 saturated carbocycles. The SMILES string of the molecule is COc1ccc([C@@H]2CCCCCN2[C@@H](C)C(=O)Nc2sccc2C#N)cc1. The van der Waals surface area contributed by atoms with Crippen LogP contribution < -0.4 is 10.1 Å². The number of nitrogens with zero attached hydrogens (tertiary/aromatic N) is 2. The Morgan fingerprint density at radius 1 is 1.30 bits per heavy atom. The second-order valence-corrected chi connectivity index (χ2v) is 7.73. The molecule has 1 aliphatic heterocycles. The molecule has 1 amide bonds. The molecule has 27 heavy (non-hydrogen) atoms. The Bertz CT molecular complexity index is 810. The molecule has 0 radical (unpaired) electrons. The minimum Gasteiger partial charge on any atom is -0.497 e. The van der Waals surface area contributed by atoms with Crippen molar-refractivity contribution in [3.63, 3.8) is 0 Å². The molecule has 0 bridgehead atoms. The maximum atomic E-state index is 12.9. The highest BCUT2D eigenvalue weighted by Crippen LogP contribution is 2.33. The zero-order valence-electron chi connectivity index (χ0n) is 15.8. The van der Waals surface area contributed by atoms with Crippen LogP contribution in [0.5, 0.6) is 5.75 Å². The first kappa shape index (κ1) is 19.4. The number of nitriles is 1. The van der Waals surface area contributed by atoms with Crippen LogP contribution in [0.3, 0.4) is 0 Å². The number of carbonyl (C=O) groups excluding carboxylic acids is 1. The summed E-state index contributed by atoms with van der Waals surface area (Å²) < 4.78 is 5.27. The molecule has 1 saturated heterocycles. The van der Waals surface area contributed by atoms with Crippen molar-refractivity contribution in [2.45, 2.75) is 44.7 Å². The van der Waals surface area contributed by atoms with Gasteiger partial charge in [0.05, 0.1) is 18.7 Å². The number of ether oxygens (including phenoxy) is 1. The van der Waals surface area contributed by atoms with Crippen molar-refractivity contribution in [1.29, 1.82) is 5.26 Å². The molecule has 0 unspecified atom stereocenters. The van der Waals surface area contributed by atoms with Crippen LogP contribution in [0.1, 0.15) is 49.8 Å². The maximum Gasteiger partial charge on any atom is 0.242 e. The number of benzene rings is 1. The number of anilines is 1. The molecule has 142 valence electrons. The zero-order chi connectivity index (χ0) is 19.2. The van der Waals surface area contributed by atoms with Gasteiger partial charge < -0.3 is 10.1 Å². The summed E-state index contributed by atoms with van der Waals surface area (Å²) >= 11 is 1.39. The second-order valence-electron chi connectivity index (χ2n) is 6.82. The zero-order valence-corrected chi connectivity index (χ0v) is 16.6. The Morgan fingerprint density at radius 2 is 2.07 bits per heavy atom. The molecule has 2 aromatic rings. The lowest BCUT2D eigenvalue weighted by molar-refractivity contribution is -0.121. The minimum absolute atomic E-state index is 0.0608. The van der Waals surface area contributed by atoms with Gasteiger partial charge in [-0.05, 0) is 55.5 Å². The van der Waals surface area contributed by atoms with Crippen LogP contribution in [0.2, 0.25) is 0 Å². The van der Waals surface area contributed by atoms with Crippen LogP contribution in [0.25, 0.3) is 0 Å². The van der Waals surface area contributed by atoms with Crippen molar-refractivity contribution in [3.05, 3.63) is 46.8 Å². The Balaban J connectivity index is 1.79. The van der Waals surface area contributed by atoms with Crippen molar-refractivity contribution < 1.29 is 9.53 Å². The summed E-state index contributed by atoms with van der Waals surface area (Å²) in [5.74, 6) is 0.779. The quantitative estimate of drug-likeness (QED) is 0.821. The van der Waals surface area contributed by atoms with Crippen LogP contribution in [0.4, 0.5) is 5.00 Å². The highest BCUT2D eigenvalue weighted by molar-refractivity contribution is 7.14. The van der Waals surface area contributed by atoms with E-state index in [1.807, 2.05) is 24.4 Å². The van der Waals surface area contributed by atoms with E-state index in [0.29, 0.717) is 10.6 Å². The molecule has 1 N–H and O–H groups in total. The van der Waals surface area contributed by atoms with Crippen LogP contribution in [0, 0.1) is 11.3 Å². The lowest BCUT2D eigenvalue weighted by Gasteiger charge is -2.34. The van der Waals surface area contributed by atoms with Gasteiger partial charge in [-0.2, -0.15) is 5.26 Å². The van der Waals surface area contributed by atoms with Crippen molar-refractivity contribution in [3.8, 4) is 11.8 Å². The molecule has 6 heteroatoms. The third-order valence-electron chi connectivity index (χ3n) is 5.19. The van der Waals surface area contributed by atoms with Crippen molar-refractivity contribution in [2.75, 3.05) is 19.0 Å². The molecule has 0 aliphatic carbocycles. The summed E-state index contributed by atoms with van der Waals surface area (Å²) in [6.45, 7) is 2.84. The summed E-state index contributed by atoms with van der Waals surface area (Å²) in [4.78, 5) is 15.2. The van der Waals surface area contributed by atoms with E-state index < -0.39 is 0 Å². The fraction of sp³-hybridized carbons (Fsp3) is 0.429. The second kappa shape index (κ2) is 9.03. The predicted octanol–water partition coefficient (Wildman–Crippen LogP) is 4.57. The van der Waals surface area contributed by atoms with Gasteiger partial charge in [-0.1, -0.05) is 25.0 Å². The normalized spacial score (nSPS) is 18.9. The third kappa shape index (κ3) is 4.49. The van der Waals surface area contributed by atoms with E-state index >= 15 is 0 Å². The molecule has 0 spiro atoms. The molecule has 2 atom stereocenters. The van der Waals surface area contributed by atoms with Crippen LogP contribution in [-0.2, 0) is 4.79 Å². The third-order valence-corrected chi connectivity index (χ3v) is 6.02. The number of rotatable bonds is 5. The Labute approximate surface area is 164 Å². The fourth-order valence-corrected chi connectivity index (χ4v) is 4.38. The number of likely N-dealkylation sites (tertiary alicyclic amines) is 1. The van der Waals surface area contributed by atoms with E-state index in [0.717, 1.165) is 31.6 Å². The van der Waals surface area contributed by atoms with Crippen molar-refractivity contribution >= 4 is 22.2 Å². The van der Waals surface area contributed by atoms with Crippen molar-refractivity contribution in [1.82, 2.24) is 4.90 Å². The maximum absolute atomic E-state index is 12.9.